The van der Waals surface area contributed by atoms with E-state index in [-0.39, 0.29) is 0 Å². The smallest absolute Gasteiger partial charge is 0.241 e. The third kappa shape index (κ3) is 3.64. The van der Waals surface area contributed by atoms with Crippen LogP contribution in [-0.2, 0) is 4.79 Å². The van der Waals surface area contributed by atoms with E-state index in [1.165, 1.54) is 12.5 Å². The van der Waals surface area contributed by atoms with Gasteiger partial charge in [0.15, 0.2) is 0 Å². The zero-order chi connectivity index (χ0) is 13.8. The van der Waals surface area contributed by atoms with Crippen molar-refractivity contribution in [3.05, 3.63) is 33.8 Å². The van der Waals surface area contributed by atoms with Gasteiger partial charge in [0.05, 0.1) is 15.7 Å². The lowest BCUT2D eigenvalue weighted by molar-refractivity contribution is -0.113. The standard InChI is InChI=1S/C14H16Cl2N2O/c15-11-8-10(4-5-13(17)19)9-12(16)14(11)18-6-2-1-3-7-18/h4-5,8-9H,1-3,6-7H2,(H2,17,19)/b5-4-. The van der Waals surface area contributed by atoms with Crippen LogP contribution in [0.5, 0.6) is 0 Å². The minimum absolute atomic E-state index is 0.493. The van der Waals surface area contributed by atoms with Gasteiger partial charge in [-0.3, -0.25) is 4.79 Å². The van der Waals surface area contributed by atoms with Gasteiger partial charge in [0.1, 0.15) is 0 Å². The third-order valence-corrected chi connectivity index (χ3v) is 3.73. The van der Waals surface area contributed by atoms with Gasteiger partial charge in [-0.05, 0) is 43.0 Å². The van der Waals surface area contributed by atoms with Crippen molar-refractivity contribution in [2.45, 2.75) is 19.3 Å². The van der Waals surface area contributed by atoms with Crippen LogP contribution < -0.4 is 10.6 Å². The number of nitrogens with two attached hydrogens (primary N) is 1. The van der Waals surface area contributed by atoms with E-state index in [2.05, 4.69) is 4.90 Å². The number of rotatable bonds is 3. The Morgan fingerprint density at radius 1 is 1.16 bits per heavy atom. The van der Waals surface area contributed by atoms with Gasteiger partial charge in [-0.1, -0.05) is 23.2 Å². The maximum atomic E-state index is 10.7. The number of amides is 1. The van der Waals surface area contributed by atoms with Gasteiger partial charge in [-0.15, -0.1) is 0 Å². The molecule has 1 aliphatic rings. The number of anilines is 1. The molecule has 0 saturated carbocycles. The highest BCUT2D eigenvalue weighted by Gasteiger charge is 2.17. The average Bonchev–Trinajstić information content (AvgIpc) is 2.37. The first-order valence-electron chi connectivity index (χ1n) is 6.29. The van der Waals surface area contributed by atoms with E-state index in [0.717, 1.165) is 37.2 Å². The molecule has 0 radical (unpaired) electrons. The molecule has 19 heavy (non-hydrogen) atoms. The Labute approximate surface area is 123 Å². The Hall–Kier alpha value is -1.19. The molecule has 0 bridgehead atoms. The summed E-state index contributed by atoms with van der Waals surface area (Å²) < 4.78 is 0. The number of carbonyl (C=O) groups excluding carboxylic acids is 1. The minimum atomic E-state index is -0.493. The molecule has 102 valence electrons. The molecular formula is C14H16Cl2N2O. The maximum Gasteiger partial charge on any atom is 0.241 e. The van der Waals surface area contributed by atoms with Crippen LogP contribution in [0.4, 0.5) is 5.69 Å². The monoisotopic (exact) mass is 298 g/mol. The van der Waals surface area contributed by atoms with Crippen LogP contribution in [0.3, 0.4) is 0 Å². The molecule has 1 aromatic rings. The molecule has 1 aliphatic heterocycles. The van der Waals surface area contributed by atoms with E-state index in [9.17, 15) is 4.79 Å². The second-order valence-electron chi connectivity index (χ2n) is 4.62. The quantitative estimate of drug-likeness (QED) is 0.869. The second-order valence-corrected chi connectivity index (χ2v) is 5.43. The predicted molar refractivity (Wildman–Crippen MR) is 80.8 cm³/mol. The number of primary amides is 1. The summed E-state index contributed by atoms with van der Waals surface area (Å²) in [6.45, 7) is 1.96. The first kappa shape index (κ1) is 14.2. The molecular weight excluding hydrogens is 283 g/mol. The number of piperidine rings is 1. The van der Waals surface area contributed by atoms with Crippen LogP contribution >= 0.6 is 23.2 Å². The predicted octanol–water partition coefficient (Wildman–Crippen LogP) is 3.48. The first-order valence-corrected chi connectivity index (χ1v) is 7.05. The Balaban J connectivity index is 2.28. The number of nitrogens with zero attached hydrogens (tertiary/aromatic N) is 1. The van der Waals surface area contributed by atoms with Gasteiger partial charge in [-0.2, -0.15) is 0 Å². The molecule has 1 aromatic carbocycles. The zero-order valence-electron chi connectivity index (χ0n) is 10.5. The van der Waals surface area contributed by atoms with E-state index in [1.807, 2.05) is 0 Å². The van der Waals surface area contributed by atoms with Crippen molar-refractivity contribution in [2.24, 2.45) is 5.73 Å². The van der Waals surface area contributed by atoms with Gasteiger partial charge >= 0.3 is 0 Å². The Morgan fingerprint density at radius 2 is 1.74 bits per heavy atom. The molecule has 3 nitrogen and oxygen atoms in total. The van der Waals surface area contributed by atoms with Crippen LogP contribution in [0.25, 0.3) is 6.08 Å². The van der Waals surface area contributed by atoms with Crippen molar-refractivity contribution in [3.63, 3.8) is 0 Å². The van der Waals surface area contributed by atoms with E-state index in [0.29, 0.717) is 10.0 Å². The summed E-state index contributed by atoms with van der Waals surface area (Å²) in [5, 5.41) is 1.22. The number of carbonyl (C=O) groups is 1. The highest BCUT2D eigenvalue weighted by atomic mass is 35.5. The molecule has 0 aromatic heterocycles. The molecule has 2 N–H and O–H groups in total. The van der Waals surface area contributed by atoms with Crippen molar-refractivity contribution in [1.29, 1.82) is 0 Å². The zero-order valence-corrected chi connectivity index (χ0v) is 12.0. The fourth-order valence-corrected chi connectivity index (χ4v) is 3.02. The van der Waals surface area contributed by atoms with Crippen LogP contribution in [0.1, 0.15) is 24.8 Å². The maximum absolute atomic E-state index is 10.7. The molecule has 1 amide bonds. The Bertz CT molecular complexity index is 485. The first-order chi connectivity index (χ1) is 9.08. The molecule has 1 fully saturated rings. The van der Waals surface area contributed by atoms with Gasteiger partial charge in [0.25, 0.3) is 0 Å². The van der Waals surface area contributed by atoms with Crippen LogP contribution in [0.15, 0.2) is 18.2 Å². The van der Waals surface area contributed by atoms with Crippen molar-refractivity contribution < 1.29 is 4.79 Å². The van der Waals surface area contributed by atoms with Crippen molar-refractivity contribution in [2.75, 3.05) is 18.0 Å². The lowest BCUT2D eigenvalue weighted by atomic mass is 10.1. The van der Waals surface area contributed by atoms with Gasteiger partial charge < -0.3 is 10.6 Å². The summed E-state index contributed by atoms with van der Waals surface area (Å²) >= 11 is 12.6. The summed E-state index contributed by atoms with van der Waals surface area (Å²) in [5.74, 6) is -0.493. The topological polar surface area (TPSA) is 46.3 Å². The van der Waals surface area contributed by atoms with Crippen molar-refractivity contribution in [3.8, 4) is 0 Å². The largest absolute Gasteiger partial charge is 0.369 e. The molecule has 1 heterocycles. The van der Waals surface area contributed by atoms with E-state index in [1.54, 1.807) is 18.2 Å². The van der Waals surface area contributed by atoms with Crippen LogP contribution in [-0.4, -0.2) is 19.0 Å². The summed E-state index contributed by atoms with van der Waals surface area (Å²) in [6, 6.07) is 3.60. The normalized spacial score (nSPS) is 16.0. The number of benzene rings is 1. The molecule has 0 spiro atoms. The summed E-state index contributed by atoms with van der Waals surface area (Å²) in [6.07, 6.45) is 6.49. The molecule has 0 aliphatic carbocycles. The fraction of sp³-hybridized carbons (Fsp3) is 0.357. The number of hydrogen-bond donors (Lipinski definition) is 1. The summed E-state index contributed by atoms with van der Waals surface area (Å²) in [7, 11) is 0. The minimum Gasteiger partial charge on any atom is -0.369 e. The summed E-state index contributed by atoms with van der Waals surface area (Å²) in [4.78, 5) is 12.9. The molecule has 0 atom stereocenters. The summed E-state index contributed by atoms with van der Waals surface area (Å²) in [5.41, 5.74) is 6.72. The molecule has 1 saturated heterocycles. The van der Waals surface area contributed by atoms with E-state index in [4.69, 9.17) is 28.9 Å². The second kappa shape index (κ2) is 6.31. The van der Waals surface area contributed by atoms with E-state index < -0.39 is 5.91 Å². The van der Waals surface area contributed by atoms with Gasteiger partial charge in [-0.25, -0.2) is 0 Å². The highest BCUT2D eigenvalue weighted by molar-refractivity contribution is 6.39. The van der Waals surface area contributed by atoms with Crippen molar-refractivity contribution in [1.82, 2.24) is 0 Å². The Morgan fingerprint density at radius 3 is 2.26 bits per heavy atom. The lowest BCUT2D eigenvalue weighted by Crippen LogP contribution is -2.29. The lowest BCUT2D eigenvalue weighted by Gasteiger charge is -2.30. The Kier molecular flexibility index (Phi) is 4.72. The van der Waals surface area contributed by atoms with E-state index >= 15 is 0 Å². The molecule has 5 heteroatoms. The number of hydrogen-bond acceptors (Lipinski definition) is 2. The fourth-order valence-electron chi connectivity index (χ4n) is 2.28. The highest BCUT2D eigenvalue weighted by Crippen LogP contribution is 2.36. The molecule has 0 unspecified atom stereocenters. The SMILES string of the molecule is NC(=O)/C=C\c1cc(Cl)c(N2CCCCC2)c(Cl)c1. The third-order valence-electron chi connectivity index (χ3n) is 3.15. The van der Waals surface area contributed by atoms with Crippen LogP contribution in [0.2, 0.25) is 10.0 Å². The van der Waals surface area contributed by atoms with Crippen LogP contribution in [0, 0.1) is 0 Å². The average molecular weight is 299 g/mol. The molecule has 2 rings (SSSR count). The van der Waals surface area contributed by atoms with Gasteiger partial charge in [0, 0.05) is 19.2 Å². The van der Waals surface area contributed by atoms with Crippen molar-refractivity contribution >= 4 is 40.9 Å². The van der Waals surface area contributed by atoms with Gasteiger partial charge in [0.2, 0.25) is 5.91 Å². The number of halogens is 2.